The van der Waals surface area contributed by atoms with Crippen LogP contribution in [-0.2, 0) is 4.79 Å². The van der Waals surface area contributed by atoms with E-state index in [1.54, 1.807) is 10.9 Å². The number of halogens is 1. The molecule has 1 aromatic heterocycles. The van der Waals surface area contributed by atoms with E-state index in [9.17, 15) is 14.7 Å². The number of rotatable bonds is 6. The first-order chi connectivity index (χ1) is 10.9. The molecule has 0 radical (unpaired) electrons. The van der Waals surface area contributed by atoms with Gasteiger partial charge in [0.25, 0.3) is 5.91 Å². The summed E-state index contributed by atoms with van der Waals surface area (Å²) in [7, 11) is 0. The third-order valence-corrected chi connectivity index (χ3v) is 3.78. The summed E-state index contributed by atoms with van der Waals surface area (Å²) in [5.41, 5.74) is 1.13. The van der Waals surface area contributed by atoms with Crippen molar-refractivity contribution >= 4 is 27.8 Å². The highest BCUT2D eigenvalue weighted by molar-refractivity contribution is 9.10. The third-order valence-electron chi connectivity index (χ3n) is 3.25. The van der Waals surface area contributed by atoms with E-state index >= 15 is 0 Å². The van der Waals surface area contributed by atoms with Crippen molar-refractivity contribution in [2.75, 3.05) is 0 Å². The molecule has 2 rings (SSSR count). The molecule has 1 heterocycles. The van der Waals surface area contributed by atoms with E-state index in [4.69, 9.17) is 0 Å². The van der Waals surface area contributed by atoms with Gasteiger partial charge in [-0.25, -0.2) is 9.48 Å². The van der Waals surface area contributed by atoms with Crippen molar-refractivity contribution in [2.45, 2.75) is 26.3 Å². The van der Waals surface area contributed by atoms with Gasteiger partial charge >= 0.3 is 5.97 Å². The van der Waals surface area contributed by atoms with Gasteiger partial charge in [0.2, 0.25) is 0 Å². The maximum Gasteiger partial charge on any atom is 0.326 e. The van der Waals surface area contributed by atoms with Crippen molar-refractivity contribution in [2.24, 2.45) is 5.92 Å². The lowest BCUT2D eigenvalue weighted by atomic mass is 10.0. The van der Waals surface area contributed by atoms with E-state index in [-0.39, 0.29) is 5.92 Å². The van der Waals surface area contributed by atoms with Crippen LogP contribution in [0.15, 0.2) is 41.1 Å². The molecule has 0 saturated heterocycles. The molecule has 1 atom stereocenters. The Morgan fingerprint density at radius 3 is 2.52 bits per heavy atom. The van der Waals surface area contributed by atoms with E-state index in [0.29, 0.717) is 12.0 Å². The fourth-order valence-electron chi connectivity index (χ4n) is 2.11. The second kappa shape index (κ2) is 7.41. The van der Waals surface area contributed by atoms with Crippen LogP contribution in [0.25, 0.3) is 5.69 Å². The lowest BCUT2D eigenvalue weighted by Crippen LogP contribution is -2.41. The normalized spacial score (nSPS) is 12.2. The van der Waals surface area contributed by atoms with Gasteiger partial charge in [-0.2, -0.15) is 5.10 Å². The lowest BCUT2D eigenvalue weighted by Gasteiger charge is -2.15. The Bertz CT molecular complexity index is 695. The van der Waals surface area contributed by atoms with Crippen molar-refractivity contribution < 1.29 is 14.7 Å². The fraction of sp³-hybridized carbons (Fsp3) is 0.312. The monoisotopic (exact) mass is 379 g/mol. The summed E-state index contributed by atoms with van der Waals surface area (Å²) in [6, 6.07) is 6.56. The van der Waals surface area contributed by atoms with Crippen LogP contribution in [0.3, 0.4) is 0 Å². The molecular formula is C16H18BrN3O3. The molecule has 1 aromatic carbocycles. The minimum atomic E-state index is -1.03. The number of nitrogens with zero attached hydrogens (tertiary/aromatic N) is 2. The van der Waals surface area contributed by atoms with E-state index < -0.39 is 17.9 Å². The van der Waals surface area contributed by atoms with Gasteiger partial charge in [0, 0.05) is 10.7 Å². The predicted octanol–water partition coefficient (Wildman–Crippen LogP) is 2.86. The highest BCUT2D eigenvalue weighted by atomic mass is 79.9. The summed E-state index contributed by atoms with van der Waals surface area (Å²) >= 11 is 3.36. The number of hydrogen-bond donors (Lipinski definition) is 2. The quantitative estimate of drug-likeness (QED) is 0.807. The van der Waals surface area contributed by atoms with Crippen LogP contribution in [-0.4, -0.2) is 32.8 Å². The maximum absolute atomic E-state index is 12.2. The zero-order valence-electron chi connectivity index (χ0n) is 12.9. The van der Waals surface area contributed by atoms with Gasteiger partial charge in [-0.3, -0.25) is 4.79 Å². The topological polar surface area (TPSA) is 84.2 Å². The summed E-state index contributed by atoms with van der Waals surface area (Å²) < 4.78 is 2.52. The molecule has 0 bridgehead atoms. The average molecular weight is 380 g/mol. The number of aromatic nitrogens is 2. The molecule has 122 valence electrons. The van der Waals surface area contributed by atoms with E-state index in [0.717, 1.165) is 10.2 Å². The lowest BCUT2D eigenvalue weighted by molar-refractivity contribution is -0.139. The first-order valence-corrected chi connectivity index (χ1v) is 8.00. The van der Waals surface area contributed by atoms with Gasteiger partial charge in [-0.15, -0.1) is 0 Å². The van der Waals surface area contributed by atoms with E-state index in [1.807, 2.05) is 38.1 Å². The summed E-state index contributed by atoms with van der Waals surface area (Å²) in [5, 5.41) is 15.9. The van der Waals surface area contributed by atoms with Crippen LogP contribution < -0.4 is 5.32 Å². The Morgan fingerprint density at radius 1 is 1.30 bits per heavy atom. The average Bonchev–Trinajstić information content (AvgIpc) is 2.96. The van der Waals surface area contributed by atoms with Crippen LogP contribution in [0.5, 0.6) is 0 Å². The molecule has 7 heteroatoms. The predicted molar refractivity (Wildman–Crippen MR) is 89.6 cm³/mol. The molecular weight excluding hydrogens is 362 g/mol. The molecule has 2 aromatic rings. The Morgan fingerprint density at radius 2 is 1.96 bits per heavy atom. The highest BCUT2D eigenvalue weighted by Gasteiger charge is 2.22. The SMILES string of the molecule is CC(C)C[C@@H](NC(=O)c1cnn(-c2ccc(Br)cc2)c1)C(=O)O. The van der Waals surface area contributed by atoms with Crippen LogP contribution in [0.4, 0.5) is 0 Å². The number of nitrogens with one attached hydrogen (secondary N) is 1. The second-order valence-electron chi connectivity index (χ2n) is 5.64. The molecule has 0 aliphatic rings. The van der Waals surface area contributed by atoms with Gasteiger partial charge in [-0.05, 0) is 36.6 Å². The van der Waals surface area contributed by atoms with Crippen molar-refractivity contribution in [3.63, 3.8) is 0 Å². The Balaban J connectivity index is 2.11. The number of hydrogen-bond acceptors (Lipinski definition) is 3. The molecule has 6 nitrogen and oxygen atoms in total. The number of benzene rings is 1. The molecule has 1 amide bonds. The van der Waals surface area contributed by atoms with Crippen LogP contribution in [0, 0.1) is 5.92 Å². The van der Waals surface area contributed by atoms with Gasteiger partial charge in [0.15, 0.2) is 0 Å². The van der Waals surface area contributed by atoms with Crippen LogP contribution in [0.2, 0.25) is 0 Å². The Labute approximate surface area is 142 Å². The molecule has 0 fully saturated rings. The minimum absolute atomic E-state index is 0.168. The van der Waals surface area contributed by atoms with Gasteiger partial charge in [0.1, 0.15) is 6.04 Å². The second-order valence-corrected chi connectivity index (χ2v) is 6.56. The van der Waals surface area contributed by atoms with Crippen molar-refractivity contribution in [1.82, 2.24) is 15.1 Å². The molecule has 23 heavy (non-hydrogen) atoms. The van der Waals surface area contributed by atoms with Gasteiger partial charge < -0.3 is 10.4 Å². The number of carboxylic acids is 1. The van der Waals surface area contributed by atoms with Gasteiger partial charge in [-0.1, -0.05) is 29.8 Å². The van der Waals surface area contributed by atoms with Gasteiger partial charge in [0.05, 0.1) is 17.4 Å². The summed E-state index contributed by atoms with van der Waals surface area (Å²) in [4.78, 5) is 23.4. The Hall–Kier alpha value is -2.15. The fourth-order valence-corrected chi connectivity index (χ4v) is 2.37. The highest BCUT2D eigenvalue weighted by Crippen LogP contribution is 2.14. The van der Waals surface area contributed by atoms with E-state index in [1.165, 1.54) is 6.20 Å². The number of amides is 1. The number of carbonyl (C=O) groups is 2. The number of aliphatic carboxylic acids is 1. The minimum Gasteiger partial charge on any atom is -0.480 e. The number of carboxylic acid groups (broad SMARTS) is 1. The zero-order chi connectivity index (χ0) is 17.0. The Kier molecular flexibility index (Phi) is 5.54. The molecule has 0 aliphatic carbocycles. The standard InChI is InChI=1S/C16H18BrN3O3/c1-10(2)7-14(16(22)23)19-15(21)11-8-18-20(9-11)13-5-3-12(17)4-6-13/h3-6,8-10,14H,7H2,1-2H3,(H,19,21)(H,22,23)/t14-/m1/s1. The van der Waals surface area contributed by atoms with E-state index in [2.05, 4.69) is 26.3 Å². The zero-order valence-corrected chi connectivity index (χ0v) is 14.4. The molecule has 0 unspecified atom stereocenters. The number of carbonyl (C=O) groups excluding carboxylic acids is 1. The smallest absolute Gasteiger partial charge is 0.326 e. The van der Waals surface area contributed by atoms with Crippen LogP contribution >= 0.6 is 15.9 Å². The first-order valence-electron chi connectivity index (χ1n) is 7.21. The third kappa shape index (κ3) is 4.66. The van der Waals surface area contributed by atoms with Crippen LogP contribution in [0.1, 0.15) is 30.6 Å². The molecule has 2 N–H and O–H groups in total. The van der Waals surface area contributed by atoms with Crippen molar-refractivity contribution in [3.8, 4) is 5.69 Å². The van der Waals surface area contributed by atoms with Crippen molar-refractivity contribution in [3.05, 3.63) is 46.7 Å². The summed E-state index contributed by atoms with van der Waals surface area (Å²) in [6.45, 7) is 3.82. The summed E-state index contributed by atoms with van der Waals surface area (Å²) in [6.07, 6.45) is 3.38. The summed E-state index contributed by atoms with van der Waals surface area (Å²) in [5.74, 6) is -1.31. The first kappa shape index (κ1) is 17.2. The largest absolute Gasteiger partial charge is 0.480 e. The molecule has 0 saturated carbocycles. The molecule has 0 spiro atoms. The maximum atomic E-state index is 12.2. The van der Waals surface area contributed by atoms with Crippen molar-refractivity contribution in [1.29, 1.82) is 0 Å². The molecule has 0 aliphatic heterocycles.